The van der Waals surface area contributed by atoms with Crippen LogP contribution in [-0.4, -0.2) is 29.8 Å². The van der Waals surface area contributed by atoms with Gasteiger partial charge in [-0.15, -0.1) is 0 Å². The van der Waals surface area contributed by atoms with Crippen LogP contribution < -0.4 is 0 Å². The number of hydrogen-bond donors (Lipinski definition) is 0. The van der Waals surface area contributed by atoms with E-state index in [1.54, 1.807) is 0 Å². The number of fused-ring (bicyclic) bond motifs is 1. The molecular formula is C12H13FN2O. The van der Waals surface area contributed by atoms with Crippen LogP contribution in [0, 0.1) is 5.92 Å². The second-order valence-electron chi connectivity index (χ2n) is 4.34. The van der Waals surface area contributed by atoms with Crippen molar-refractivity contribution in [3.8, 4) is 0 Å². The Hall–Kier alpha value is -1.42. The van der Waals surface area contributed by atoms with Gasteiger partial charge in [0.1, 0.15) is 5.69 Å². The highest BCUT2D eigenvalue weighted by molar-refractivity contribution is 5.79. The number of hydrogen-bond acceptors (Lipinski definition) is 3. The first-order valence-electron chi connectivity index (χ1n) is 5.48. The molecule has 4 heteroatoms. The van der Waals surface area contributed by atoms with E-state index in [1.165, 1.54) is 0 Å². The van der Waals surface area contributed by atoms with Crippen LogP contribution in [0.5, 0.6) is 0 Å². The molecule has 1 saturated heterocycles. The zero-order valence-corrected chi connectivity index (χ0v) is 8.90. The number of rotatable bonds is 3. The summed E-state index contributed by atoms with van der Waals surface area (Å²) in [6.07, 6.45) is 0. The third kappa shape index (κ3) is 1.59. The summed E-state index contributed by atoms with van der Waals surface area (Å²) in [5.74, 6) is 0.221. The van der Waals surface area contributed by atoms with Gasteiger partial charge in [-0.2, -0.15) is 0 Å². The van der Waals surface area contributed by atoms with Gasteiger partial charge in [0.2, 0.25) is 0 Å². The normalized spacial score (nSPS) is 17.8. The van der Waals surface area contributed by atoms with Gasteiger partial charge in [0.05, 0.1) is 6.67 Å². The lowest BCUT2D eigenvalue weighted by Gasteiger charge is -2.37. The van der Waals surface area contributed by atoms with Gasteiger partial charge in [0.25, 0.3) is 0 Å². The fraction of sp³-hybridized carbons (Fsp3) is 0.417. The SMILES string of the molecule is FCC1CN(Cc2noc3ccccc23)C1. The summed E-state index contributed by atoms with van der Waals surface area (Å²) >= 11 is 0. The van der Waals surface area contributed by atoms with Crippen LogP contribution in [0.25, 0.3) is 11.0 Å². The van der Waals surface area contributed by atoms with E-state index in [1.807, 2.05) is 24.3 Å². The molecule has 0 unspecified atom stereocenters. The fourth-order valence-electron chi connectivity index (χ4n) is 2.17. The summed E-state index contributed by atoms with van der Waals surface area (Å²) in [5, 5.41) is 5.12. The molecule has 0 bridgehead atoms. The standard InChI is InChI=1S/C12H13FN2O/c13-5-9-6-15(7-9)8-11-10-3-1-2-4-12(10)16-14-11/h1-4,9H,5-8H2. The van der Waals surface area contributed by atoms with Gasteiger partial charge in [-0.1, -0.05) is 17.3 Å². The van der Waals surface area contributed by atoms with E-state index in [-0.39, 0.29) is 12.6 Å². The second kappa shape index (κ2) is 3.87. The minimum atomic E-state index is -0.212. The smallest absolute Gasteiger partial charge is 0.167 e. The number of para-hydroxylation sites is 1. The quantitative estimate of drug-likeness (QED) is 0.794. The zero-order valence-electron chi connectivity index (χ0n) is 8.90. The lowest BCUT2D eigenvalue weighted by molar-refractivity contribution is 0.0720. The molecule has 0 spiro atoms. The number of alkyl halides is 1. The van der Waals surface area contributed by atoms with E-state index in [0.717, 1.165) is 36.3 Å². The molecule has 1 fully saturated rings. The molecule has 2 aromatic rings. The van der Waals surface area contributed by atoms with Gasteiger partial charge in [0.15, 0.2) is 5.58 Å². The van der Waals surface area contributed by atoms with Crippen molar-refractivity contribution in [2.24, 2.45) is 5.92 Å². The second-order valence-corrected chi connectivity index (χ2v) is 4.34. The molecule has 1 aromatic heterocycles. The molecule has 16 heavy (non-hydrogen) atoms. The Morgan fingerprint density at radius 2 is 2.19 bits per heavy atom. The first-order chi connectivity index (χ1) is 7.86. The molecular weight excluding hydrogens is 207 g/mol. The first kappa shape index (κ1) is 9.78. The molecule has 2 heterocycles. The van der Waals surface area contributed by atoms with Crippen molar-refractivity contribution < 1.29 is 8.91 Å². The lowest BCUT2D eigenvalue weighted by Crippen LogP contribution is -2.46. The average Bonchev–Trinajstić information content (AvgIpc) is 2.66. The third-order valence-corrected chi connectivity index (χ3v) is 3.08. The molecule has 0 N–H and O–H groups in total. The predicted molar refractivity (Wildman–Crippen MR) is 58.8 cm³/mol. The summed E-state index contributed by atoms with van der Waals surface area (Å²) in [5.41, 5.74) is 1.77. The largest absolute Gasteiger partial charge is 0.356 e. The monoisotopic (exact) mass is 220 g/mol. The Balaban J connectivity index is 1.75. The maximum Gasteiger partial charge on any atom is 0.167 e. The van der Waals surface area contributed by atoms with Gasteiger partial charge in [-0.05, 0) is 12.1 Å². The highest BCUT2D eigenvalue weighted by atomic mass is 19.1. The molecule has 84 valence electrons. The fourth-order valence-corrected chi connectivity index (χ4v) is 2.17. The number of likely N-dealkylation sites (tertiary alicyclic amines) is 1. The molecule has 0 radical (unpaired) electrons. The van der Waals surface area contributed by atoms with Crippen molar-refractivity contribution in [2.45, 2.75) is 6.54 Å². The molecule has 1 aromatic carbocycles. The maximum absolute atomic E-state index is 12.3. The van der Waals surface area contributed by atoms with Gasteiger partial charge in [-0.25, -0.2) is 0 Å². The molecule has 3 rings (SSSR count). The van der Waals surface area contributed by atoms with Crippen LogP contribution in [0.15, 0.2) is 28.8 Å². The topological polar surface area (TPSA) is 29.3 Å². The van der Waals surface area contributed by atoms with Gasteiger partial charge < -0.3 is 4.52 Å². The third-order valence-electron chi connectivity index (χ3n) is 3.08. The van der Waals surface area contributed by atoms with Crippen LogP contribution in [0.1, 0.15) is 5.69 Å². The van der Waals surface area contributed by atoms with Crippen LogP contribution in [0.3, 0.4) is 0 Å². The zero-order chi connectivity index (χ0) is 11.0. The van der Waals surface area contributed by atoms with Crippen molar-refractivity contribution in [3.63, 3.8) is 0 Å². The Bertz CT molecular complexity index is 490. The summed E-state index contributed by atoms with van der Waals surface area (Å²) in [7, 11) is 0. The average molecular weight is 220 g/mol. The van der Waals surface area contributed by atoms with Crippen LogP contribution in [0.4, 0.5) is 4.39 Å². The van der Waals surface area contributed by atoms with Gasteiger partial charge >= 0.3 is 0 Å². The molecule has 0 amide bonds. The van der Waals surface area contributed by atoms with E-state index in [4.69, 9.17) is 4.52 Å². The van der Waals surface area contributed by atoms with Crippen molar-refractivity contribution in [2.75, 3.05) is 19.8 Å². The van der Waals surface area contributed by atoms with E-state index >= 15 is 0 Å². The molecule has 0 aliphatic carbocycles. The number of nitrogens with zero attached hydrogens (tertiary/aromatic N) is 2. The summed E-state index contributed by atoms with van der Waals surface area (Å²) in [6, 6.07) is 7.82. The van der Waals surface area contributed by atoms with E-state index in [0.29, 0.717) is 0 Å². The lowest BCUT2D eigenvalue weighted by atomic mass is 10.0. The summed E-state index contributed by atoms with van der Waals surface area (Å²) in [6.45, 7) is 2.21. The van der Waals surface area contributed by atoms with Crippen molar-refractivity contribution in [1.29, 1.82) is 0 Å². The van der Waals surface area contributed by atoms with Crippen LogP contribution >= 0.6 is 0 Å². The van der Waals surface area contributed by atoms with E-state index < -0.39 is 0 Å². The van der Waals surface area contributed by atoms with Gasteiger partial charge in [-0.3, -0.25) is 9.29 Å². The highest BCUT2D eigenvalue weighted by Crippen LogP contribution is 2.23. The minimum Gasteiger partial charge on any atom is -0.356 e. The Kier molecular flexibility index (Phi) is 2.36. The molecule has 0 saturated carbocycles. The minimum absolute atomic E-state index is 0.212. The van der Waals surface area contributed by atoms with Gasteiger partial charge in [0, 0.05) is 30.9 Å². The van der Waals surface area contributed by atoms with Crippen molar-refractivity contribution in [3.05, 3.63) is 30.0 Å². The van der Waals surface area contributed by atoms with E-state index in [9.17, 15) is 4.39 Å². The molecule has 1 aliphatic rings. The Morgan fingerprint density at radius 1 is 1.38 bits per heavy atom. The first-order valence-corrected chi connectivity index (χ1v) is 5.48. The molecule has 1 aliphatic heterocycles. The predicted octanol–water partition coefficient (Wildman–Crippen LogP) is 2.23. The molecule has 3 nitrogen and oxygen atoms in total. The van der Waals surface area contributed by atoms with Crippen molar-refractivity contribution in [1.82, 2.24) is 10.1 Å². The Labute approximate surface area is 92.8 Å². The molecule has 0 atom stereocenters. The number of halogens is 1. The summed E-state index contributed by atoms with van der Waals surface area (Å²) < 4.78 is 17.5. The van der Waals surface area contributed by atoms with Crippen LogP contribution in [-0.2, 0) is 6.54 Å². The summed E-state index contributed by atoms with van der Waals surface area (Å²) in [4.78, 5) is 2.19. The van der Waals surface area contributed by atoms with Crippen LogP contribution in [0.2, 0.25) is 0 Å². The van der Waals surface area contributed by atoms with E-state index in [2.05, 4.69) is 10.1 Å². The Morgan fingerprint density at radius 3 is 3.00 bits per heavy atom. The highest BCUT2D eigenvalue weighted by Gasteiger charge is 2.27. The maximum atomic E-state index is 12.3. The van der Waals surface area contributed by atoms with Crippen molar-refractivity contribution >= 4 is 11.0 Å². The number of benzene rings is 1. The number of aromatic nitrogens is 1.